The quantitative estimate of drug-likeness (QED) is 0.776. The summed E-state index contributed by atoms with van der Waals surface area (Å²) in [6, 6.07) is 12.3. The van der Waals surface area contributed by atoms with E-state index in [1.165, 1.54) is 14.2 Å². The normalized spacial score (nSPS) is 12.8. The lowest BCUT2D eigenvalue weighted by Gasteiger charge is -2.24. The van der Waals surface area contributed by atoms with Gasteiger partial charge in [-0.05, 0) is 23.8 Å². The molecular weight excluding hydrogens is 324 g/mol. The van der Waals surface area contributed by atoms with E-state index in [-0.39, 0.29) is 0 Å². The van der Waals surface area contributed by atoms with Crippen molar-refractivity contribution in [1.29, 1.82) is 0 Å². The van der Waals surface area contributed by atoms with Gasteiger partial charge in [-0.3, -0.25) is 0 Å². The number of carbonyl (C=O) groups is 1. The van der Waals surface area contributed by atoms with E-state index in [0.29, 0.717) is 22.8 Å². The van der Waals surface area contributed by atoms with Gasteiger partial charge in [-0.1, -0.05) is 18.2 Å². The predicted octanol–water partition coefficient (Wildman–Crippen LogP) is 2.38. The van der Waals surface area contributed by atoms with E-state index in [2.05, 4.69) is 0 Å². The lowest BCUT2D eigenvalue weighted by atomic mass is 9.85. The third kappa shape index (κ3) is 4.03. The molecule has 2 atom stereocenters. The Labute approximate surface area is 146 Å². The summed E-state index contributed by atoms with van der Waals surface area (Å²) < 4.78 is 20.5. The van der Waals surface area contributed by atoms with Crippen molar-refractivity contribution in [2.75, 3.05) is 28.4 Å². The highest BCUT2D eigenvalue weighted by atomic mass is 16.5. The van der Waals surface area contributed by atoms with E-state index in [1.54, 1.807) is 56.7 Å². The Morgan fingerprint density at radius 3 is 2.00 bits per heavy atom. The minimum atomic E-state index is -1.39. The fourth-order valence-corrected chi connectivity index (χ4v) is 2.68. The number of hydrogen-bond acceptors (Lipinski definition) is 6. The molecule has 0 radical (unpaired) electrons. The highest BCUT2D eigenvalue weighted by Crippen LogP contribution is 2.37. The third-order valence-electron chi connectivity index (χ3n) is 4.01. The van der Waals surface area contributed by atoms with Gasteiger partial charge < -0.3 is 24.1 Å². The SMILES string of the molecule is COC(=O)[C@@H](O)[C@H](c1ccc(OC)cc1)c1ccc(OC)cc1OC. The third-order valence-corrected chi connectivity index (χ3v) is 4.01. The average Bonchev–Trinajstić information content (AvgIpc) is 2.67. The topological polar surface area (TPSA) is 74.2 Å². The van der Waals surface area contributed by atoms with E-state index in [0.717, 1.165) is 5.56 Å². The second-order valence-electron chi connectivity index (χ2n) is 5.33. The molecule has 2 aromatic carbocycles. The van der Waals surface area contributed by atoms with Crippen LogP contribution in [0.5, 0.6) is 17.2 Å². The molecule has 25 heavy (non-hydrogen) atoms. The highest BCUT2D eigenvalue weighted by molar-refractivity contribution is 5.77. The summed E-state index contributed by atoms with van der Waals surface area (Å²) in [6.45, 7) is 0. The number of hydrogen-bond donors (Lipinski definition) is 1. The van der Waals surface area contributed by atoms with Crippen molar-refractivity contribution in [3.63, 3.8) is 0 Å². The zero-order valence-corrected chi connectivity index (χ0v) is 14.7. The first-order valence-electron chi connectivity index (χ1n) is 7.67. The molecule has 1 N–H and O–H groups in total. The molecule has 6 heteroatoms. The van der Waals surface area contributed by atoms with Crippen molar-refractivity contribution in [1.82, 2.24) is 0 Å². The summed E-state index contributed by atoms with van der Waals surface area (Å²) >= 11 is 0. The van der Waals surface area contributed by atoms with Crippen LogP contribution < -0.4 is 14.2 Å². The average molecular weight is 346 g/mol. The van der Waals surface area contributed by atoms with Gasteiger partial charge in [-0.15, -0.1) is 0 Å². The number of rotatable bonds is 7. The molecule has 2 rings (SSSR count). The lowest BCUT2D eigenvalue weighted by molar-refractivity contribution is -0.151. The molecule has 0 amide bonds. The van der Waals surface area contributed by atoms with Crippen molar-refractivity contribution < 1.29 is 28.8 Å². The van der Waals surface area contributed by atoms with Gasteiger partial charge in [0.25, 0.3) is 0 Å². The van der Waals surface area contributed by atoms with E-state index in [4.69, 9.17) is 18.9 Å². The van der Waals surface area contributed by atoms with Gasteiger partial charge in [0.15, 0.2) is 6.10 Å². The van der Waals surface area contributed by atoms with E-state index >= 15 is 0 Å². The summed E-state index contributed by atoms with van der Waals surface area (Å²) in [5.41, 5.74) is 1.37. The summed E-state index contributed by atoms with van der Waals surface area (Å²) in [4.78, 5) is 12.0. The van der Waals surface area contributed by atoms with Crippen LogP contribution in [0.25, 0.3) is 0 Å². The van der Waals surface area contributed by atoms with Gasteiger partial charge in [0, 0.05) is 17.5 Å². The molecule has 0 bridgehead atoms. The monoisotopic (exact) mass is 346 g/mol. The van der Waals surface area contributed by atoms with Crippen LogP contribution >= 0.6 is 0 Å². The van der Waals surface area contributed by atoms with E-state index < -0.39 is 18.0 Å². The largest absolute Gasteiger partial charge is 0.497 e. The molecule has 0 aromatic heterocycles. The van der Waals surface area contributed by atoms with Gasteiger partial charge in [-0.25, -0.2) is 4.79 Å². The number of aliphatic hydroxyl groups is 1. The zero-order valence-electron chi connectivity index (χ0n) is 14.7. The fraction of sp³-hybridized carbons (Fsp3) is 0.316. The predicted molar refractivity (Wildman–Crippen MR) is 92.4 cm³/mol. The van der Waals surface area contributed by atoms with Crippen LogP contribution in [0.15, 0.2) is 42.5 Å². The Morgan fingerprint density at radius 1 is 0.880 bits per heavy atom. The van der Waals surface area contributed by atoms with Crippen molar-refractivity contribution in [2.45, 2.75) is 12.0 Å². The van der Waals surface area contributed by atoms with Crippen LogP contribution in [0.4, 0.5) is 0 Å². The Bertz CT molecular complexity index is 710. The molecule has 0 aliphatic rings. The van der Waals surface area contributed by atoms with Crippen LogP contribution in [0.1, 0.15) is 17.0 Å². The maximum Gasteiger partial charge on any atom is 0.335 e. The van der Waals surface area contributed by atoms with Gasteiger partial charge in [0.2, 0.25) is 0 Å². The first-order valence-corrected chi connectivity index (χ1v) is 7.67. The number of benzene rings is 2. The molecule has 0 fully saturated rings. The van der Waals surface area contributed by atoms with Crippen molar-refractivity contribution >= 4 is 5.97 Å². The molecule has 0 heterocycles. The second-order valence-corrected chi connectivity index (χ2v) is 5.33. The van der Waals surface area contributed by atoms with E-state index in [1.807, 2.05) is 0 Å². The Balaban J connectivity index is 2.56. The van der Waals surface area contributed by atoms with Crippen LogP contribution in [-0.4, -0.2) is 45.6 Å². The maximum absolute atomic E-state index is 12.0. The smallest absolute Gasteiger partial charge is 0.335 e. The molecule has 0 saturated heterocycles. The van der Waals surface area contributed by atoms with Crippen LogP contribution in [0.3, 0.4) is 0 Å². The Kier molecular flexibility index (Phi) is 6.25. The molecule has 134 valence electrons. The number of esters is 1. The van der Waals surface area contributed by atoms with Gasteiger partial charge in [0.05, 0.1) is 28.4 Å². The summed E-state index contributed by atoms with van der Waals surface area (Å²) in [5, 5.41) is 10.6. The molecule has 0 unspecified atom stereocenters. The second kappa shape index (κ2) is 8.39. The molecule has 0 spiro atoms. The van der Waals surface area contributed by atoms with Crippen LogP contribution in [0.2, 0.25) is 0 Å². The summed E-state index contributed by atoms with van der Waals surface area (Å²) in [6.07, 6.45) is -1.39. The van der Waals surface area contributed by atoms with Crippen molar-refractivity contribution in [2.24, 2.45) is 0 Å². The molecular formula is C19H22O6. The first kappa shape index (κ1) is 18.6. The van der Waals surface area contributed by atoms with Gasteiger partial charge in [-0.2, -0.15) is 0 Å². The van der Waals surface area contributed by atoms with E-state index in [9.17, 15) is 9.90 Å². The standard InChI is InChI=1S/C19H22O6/c1-22-13-7-5-12(6-8-13)17(18(20)19(21)25-4)15-10-9-14(23-2)11-16(15)24-3/h5-11,17-18,20H,1-4H3/t17-,18+/m1/s1. The molecule has 0 aliphatic heterocycles. The van der Waals surface area contributed by atoms with Crippen molar-refractivity contribution in [3.05, 3.63) is 53.6 Å². The zero-order chi connectivity index (χ0) is 18.4. The molecule has 2 aromatic rings. The number of carbonyl (C=O) groups excluding carboxylic acids is 1. The summed E-state index contributed by atoms with van der Waals surface area (Å²) in [7, 11) is 5.89. The Morgan fingerprint density at radius 2 is 1.48 bits per heavy atom. The van der Waals surface area contributed by atoms with Crippen LogP contribution in [-0.2, 0) is 9.53 Å². The minimum absolute atomic E-state index is 0.503. The molecule has 0 aliphatic carbocycles. The van der Waals surface area contributed by atoms with Gasteiger partial charge in [0.1, 0.15) is 17.2 Å². The molecule has 0 saturated carbocycles. The minimum Gasteiger partial charge on any atom is -0.497 e. The first-order chi connectivity index (χ1) is 12.0. The summed E-state index contributed by atoms with van der Waals surface area (Å²) in [5.74, 6) is 0.402. The van der Waals surface area contributed by atoms with Crippen LogP contribution in [0, 0.1) is 0 Å². The maximum atomic E-state index is 12.0. The number of methoxy groups -OCH3 is 4. The number of ether oxygens (including phenoxy) is 4. The van der Waals surface area contributed by atoms with Gasteiger partial charge >= 0.3 is 5.97 Å². The Hall–Kier alpha value is -2.73. The highest BCUT2D eigenvalue weighted by Gasteiger charge is 2.32. The molecule has 6 nitrogen and oxygen atoms in total. The lowest BCUT2D eigenvalue weighted by Crippen LogP contribution is -2.30. The fourth-order valence-electron chi connectivity index (χ4n) is 2.68. The number of aliphatic hydroxyl groups excluding tert-OH is 1. The van der Waals surface area contributed by atoms with Crippen molar-refractivity contribution in [3.8, 4) is 17.2 Å².